The van der Waals surface area contributed by atoms with Crippen molar-refractivity contribution in [2.75, 3.05) is 21.7 Å². The van der Waals surface area contributed by atoms with E-state index < -0.39 is 0 Å². The molecule has 2 aliphatic heterocycles. The van der Waals surface area contributed by atoms with Crippen LogP contribution in [0, 0.1) is 32.6 Å². The van der Waals surface area contributed by atoms with Gasteiger partial charge in [0.15, 0.2) is 0 Å². The van der Waals surface area contributed by atoms with Gasteiger partial charge in [0.05, 0.1) is 11.4 Å². The Balaban J connectivity index is 0.000000205. The van der Waals surface area contributed by atoms with E-state index in [-0.39, 0.29) is 20.1 Å². The summed E-state index contributed by atoms with van der Waals surface area (Å²) in [5.74, 6) is 0. The number of nitrogens with zero attached hydrogens (tertiary/aromatic N) is 4. The molecule has 4 nitrogen and oxygen atoms in total. The monoisotopic (exact) mass is 722 g/mol. The van der Waals surface area contributed by atoms with Crippen molar-refractivity contribution in [1.82, 2.24) is 4.98 Å². The Labute approximate surface area is 261 Å². The van der Waals surface area contributed by atoms with Crippen molar-refractivity contribution in [1.29, 1.82) is 0 Å². The predicted octanol–water partition coefficient (Wildman–Crippen LogP) is 9.29. The van der Waals surface area contributed by atoms with Crippen LogP contribution in [0.3, 0.4) is 0 Å². The summed E-state index contributed by atoms with van der Waals surface area (Å²) in [6, 6.07) is 44.3. The summed E-state index contributed by atoms with van der Waals surface area (Å²) in [6.45, 7) is 6.59. The molecule has 0 fully saturated rings. The Morgan fingerprint density at radius 2 is 1.43 bits per heavy atom. The van der Waals surface area contributed by atoms with Crippen LogP contribution in [0.1, 0.15) is 11.1 Å². The first kappa shape index (κ1) is 27.7. The molecule has 0 atom stereocenters. The van der Waals surface area contributed by atoms with Crippen LogP contribution in [-0.4, -0.2) is 12.0 Å². The molecular weight excluding hydrogens is 693 g/mol. The van der Waals surface area contributed by atoms with Crippen molar-refractivity contribution in [2.24, 2.45) is 0 Å². The van der Waals surface area contributed by atoms with Gasteiger partial charge in [-0.15, -0.1) is 77.6 Å². The van der Waals surface area contributed by atoms with Crippen LogP contribution in [0.5, 0.6) is 0 Å². The molecule has 8 rings (SSSR count). The molecule has 0 bridgehead atoms. The number of para-hydroxylation sites is 2. The van der Waals surface area contributed by atoms with Crippen LogP contribution in [0.4, 0.5) is 34.1 Å². The fraction of sp³-hybridized carbons (Fsp3) is 0.0811. The van der Waals surface area contributed by atoms with E-state index in [4.69, 9.17) is 0 Å². The molecule has 5 heteroatoms. The van der Waals surface area contributed by atoms with Crippen LogP contribution in [-0.2, 0) is 20.1 Å². The number of pyridine rings is 1. The Hall–Kier alpha value is -4.44. The third kappa shape index (κ3) is 4.75. The Morgan fingerprint density at radius 1 is 0.690 bits per heavy atom. The van der Waals surface area contributed by atoms with Gasteiger partial charge >= 0.3 is 20.1 Å². The quantitative estimate of drug-likeness (QED) is 0.166. The van der Waals surface area contributed by atoms with E-state index in [1.807, 2.05) is 42.5 Å². The van der Waals surface area contributed by atoms with Crippen LogP contribution in [0.2, 0.25) is 0 Å². The number of rotatable bonds is 2. The number of hydrogen-bond acceptors (Lipinski definition) is 4. The molecule has 42 heavy (non-hydrogen) atoms. The maximum atomic E-state index is 4.22. The van der Waals surface area contributed by atoms with Crippen LogP contribution >= 0.6 is 0 Å². The average Bonchev–Trinajstić information content (AvgIpc) is 3.40. The summed E-state index contributed by atoms with van der Waals surface area (Å²) < 4.78 is 0. The van der Waals surface area contributed by atoms with Gasteiger partial charge in [-0.2, -0.15) is 0 Å². The topological polar surface area (TPSA) is 22.6 Å². The largest absolute Gasteiger partial charge is 3.00 e. The maximum absolute atomic E-state index is 4.22. The molecule has 0 unspecified atom stereocenters. The predicted molar refractivity (Wildman–Crippen MR) is 170 cm³/mol. The first-order valence-corrected chi connectivity index (χ1v) is 13.8. The average molecular weight is 722 g/mol. The summed E-state index contributed by atoms with van der Waals surface area (Å²) >= 11 is 0. The van der Waals surface area contributed by atoms with Gasteiger partial charge in [0.2, 0.25) is 0 Å². The number of aromatic nitrogens is 1. The van der Waals surface area contributed by atoms with Gasteiger partial charge < -0.3 is 19.7 Å². The molecule has 0 saturated heterocycles. The van der Waals surface area contributed by atoms with Crippen molar-refractivity contribution >= 4 is 44.9 Å². The molecule has 206 valence electrons. The first-order valence-electron chi connectivity index (χ1n) is 13.8. The van der Waals surface area contributed by atoms with Gasteiger partial charge in [-0.05, 0) is 60.2 Å². The van der Waals surface area contributed by atoms with Gasteiger partial charge in [0, 0.05) is 24.6 Å². The summed E-state index contributed by atoms with van der Waals surface area (Å²) in [6.07, 6.45) is 1.79. The molecule has 2 aliphatic rings. The van der Waals surface area contributed by atoms with Gasteiger partial charge in [-0.25, -0.2) is 0 Å². The molecule has 0 spiro atoms. The van der Waals surface area contributed by atoms with Gasteiger partial charge in [0.1, 0.15) is 0 Å². The zero-order chi connectivity index (χ0) is 27.9. The van der Waals surface area contributed by atoms with Crippen molar-refractivity contribution in [3.8, 4) is 11.3 Å². The summed E-state index contributed by atoms with van der Waals surface area (Å²) in [4.78, 5) is 11.1. The Bertz CT molecular complexity index is 1810. The fourth-order valence-electron chi connectivity index (χ4n) is 5.79. The number of hydrogen-bond donors (Lipinski definition) is 0. The van der Waals surface area contributed by atoms with E-state index in [0.29, 0.717) is 0 Å². The Kier molecular flexibility index (Phi) is 7.55. The molecule has 0 amide bonds. The molecule has 0 radical (unpaired) electrons. The molecule has 6 aromatic rings. The molecule has 1 aromatic heterocycles. The molecule has 0 saturated carbocycles. The summed E-state index contributed by atoms with van der Waals surface area (Å²) in [5, 5.41) is 2.35. The zero-order valence-electron chi connectivity index (χ0n) is 23.7. The number of anilines is 6. The van der Waals surface area contributed by atoms with Crippen molar-refractivity contribution in [3.05, 3.63) is 145 Å². The van der Waals surface area contributed by atoms with Crippen molar-refractivity contribution in [2.45, 2.75) is 13.8 Å². The zero-order valence-corrected chi connectivity index (χ0v) is 26.1. The van der Waals surface area contributed by atoms with Gasteiger partial charge in [-0.1, -0.05) is 48.5 Å². The van der Waals surface area contributed by atoms with Gasteiger partial charge in [0.25, 0.3) is 0 Å². The molecule has 0 aliphatic carbocycles. The number of fused-ring (bicyclic) bond motifs is 3. The molecule has 3 heterocycles. The van der Waals surface area contributed by atoms with Crippen LogP contribution in [0.15, 0.2) is 115 Å². The molecule has 5 aromatic carbocycles. The first-order chi connectivity index (χ1) is 20.1. The van der Waals surface area contributed by atoms with E-state index in [1.54, 1.807) is 6.20 Å². The van der Waals surface area contributed by atoms with Crippen LogP contribution < -0.4 is 14.7 Å². The number of benzene rings is 5. The minimum Gasteiger partial charge on any atom is -0.485 e. The van der Waals surface area contributed by atoms with Gasteiger partial charge in [-0.3, -0.25) is 0 Å². The summed E-state index contributed by atoms with van der Waals surface area (Å²) in [7, 11) is 2.15. The van der Waals surface area contributed by atoms with E-state index in [0.717, 1.165) is 22.3 Å². The number of aryl methyl sites for hydroxylation is 2. The van der Waals surface area contributed by atoms with E-state index in [2.05, 4.69) is 126 Å². The van der Waals surface area contributed by atoms with E-state index in [9.17, 15) is 0 Å². The second-order valence-electron chi connectivity index (χ2n) is 10.4. The van der Waals surface area contributed by atoms with Crippen molar-refractivity contribution in [3.63, 3.8) is 0 Å². The van der Waals surface area contributed by atoms with E-state index >= 15 is 0 Å². The second-order valence-corrected chi connectivity index (χ2v) is 10.4. The smallest absolute Gasteiger partial charge is 0.485 e. The normalized spacial score (nSPS) is 12.7. The second kappa shape index (κ2) is 11.4. The minimum atomic E-state index is 0. The van der Waals surface area contributed by atoms with Crippen LogP contribution in [0.25, 0.3) is 22.0 Å². The fourth-order valence-corrected chi connectivity index (χ4v) is 5.79. The SMILES string of the molecule is Cc1cccc(C)c1N1[CH-]N2c3[c-]c4ccccc4cc3N(C)c3cccc1c32.[Ir+3].[c-]1ccccc1-c1ccccn1. The Morgan fingerprint density at radius 3 is 2.19 bits per heavy atom. The third-order valence-corrected chi connectivity index (χ3v) is 7.77. The third-order valence-electron chi connectivity index (χ3n) is 7.77. The molecular formula is C37H29IrN4. The van der Waals surface area contributed by atoms with E-state index in [1.165, 1.54) is 45.0 Å². The minimum absolute atomic E-state index is 0. The molecule has 0 N–H and O–H groups in total. The maximum Gasteiger partial charge on any atom is 3.00 e. The standard InChI is InChI=1S/C26H21N3.C11H8N.Ir/c1-17-8-6-9-18(2)25(17)28-16-29-24-15-20-11-5-4-10-19(20)14-23(24)27(3)21-12-7-13-22(28)26(21)29;1-2-6-10(7-3-1)11-8-4-5-9-12-11;/h4-14,16H,1-3H3;1-6,8-9H;/q-2;-1;+3. The summed E-state index contributed by atoms with van der Waals surface area (Å²) in [5.41, 5.74) is 11.7. The van der Waals surface area contributed by atoms with Crippen molar-refractivity contribution < 1.29 is 20.1 Å².